The highest BCUT2D eigenvalue weighted by atomic mass is 35.5. The molecule has 0 saturated carbocycles. The van der Waals surface area contributed by atoms with Crippen LogP contribution in [0.3, 0.4) is 0 Å². The lowest BCUT2D eigenvalue weighted by molar-refractivity contribution is 0.628. The van der Waals surface area contributed by atoms with Gasteiger partial charge in [-0.05, 0) is 18.2 Å². The first-order valence-corrected chi connectivity index (χ1v) is 5.88. The number of halogens is 2. The van der Waals surface area contributed by atoms with Crippen LogP contribution in [0.2, 0.25) is 5.02 Å². The number of nitrogens with zero attached hydrogens (tertiary/aromatic N) is 2. The molecule has 0 bridgehead atoms. The summed E-state index contributed by atoms with van der Waals surface area (Å²) in [5.41, 5.74) is 2.76. The van der Waals surface area contributed by atoms with Crippen molar-refractivity contribution in [3.8, 4) is 0 Å². The molecule has 18 heavy (non-hydrogen) atoms. The molecule has 0 aliphatic carbocycles. The van der Waals surface area contributed by atoms with Crippen LogP contribution in [0.15, 0.2) is 24.4 Å². The molecule has 0 unspecified atom stereocenters. The zero-order valence-electron chi connectivity index (χ0n) is 9.37. The largest absolute Gasteiger partial charge is 0.324 e. The summed E-state index contributed by atoms with van der Waals surface area (Å²) in [7, 11) is 0. The molecule has 0 saturated heterocycles. The molecule has 0 amide bonds. The lowest BCUT2D eigenvalue weighted by Gasteiger charge is -2.06. The van der Waals surface area contributed by atoms with Gasteiger partial charge in [-0.2, -0.15) is 0 Å². The lowest BCUT2D eigenvalue weighted by atomic mass is 10.3. The minimum Gasteiger partial charge on any atom is -0.324 e. The van der Waals surface area contributed by atoms with E-state index in [2.05, 4.69) is 20.6 Å². The number of benzene rings is 1. The van der Waals surface area contributed by atoms with E-state index in [-0.39, 0.29) is 5.02 Å². The third-order valence-electron chi connectivity index (χ3n) is 2.74. The summed E-state index contributed by atoms with van der Waals surface area (Å²) < 4.78 is 13.0. The summed E-state index contributed by atoms with van der Waals surface area (Å²) in [6.07, 6.45) is 1.79. The Morgan fingerprint density at radius 1 is 1.33 bits per heavy atom. The molecular formula is C12H10ClFN4. The fourth-order valence-electron chi connectivity index (χ4n) is 1.82. The normalized spacial score (nSPS) is 13.4. The van der Waals surface area contributed by atoms with Crippen molar-refractivity contribution < 1.29 is 4.39 Å². The fraction of sp³-hybridized carbons (Fsp3) is 0.167. The molecule has 1 aliphatic heterocycles. The van der Waals surface area contributed by atoms with Crippen molar-refractivity contribution in [3.63, 3.8) is 0 Å². The number of fused-ring (bicyclic) bond motifs is 1. The molecule has 1 aliphatic rings. The average molecular weight is 265 g/mol. The molecule has 1 aromatic heterocycles. The van der Waals surface area contributed by atoms with Gasteiger partial charge in [0, 0.05) is 30.5 Å². The van der Waals surface area contributed by atoms with E-state index >= 15 is 0 Å². The molecule has 2 N–H and O–H groups in total. The predicted octanol–water partition coefficient (Wildman–Crippen LogP) is 2.62. The Kier molecular flexibility index (Phi) is 2.85. The van der Waals surface area contributed by atoms with Gasteiger partial charge in [-0.3, -0.25) is 0 Å². The molecule has 0 fully saturated rings. The summed E-state index contributed by atoms with van der Waals surface area (Å²) in [5, 5.41) is 6.27. The summed E-state index contributed by atoms with van der Waals surface area (Å²) in [6.45, 7) is 1.55. The zero-order valence-corrected chi connectivity index (χ0v) is 10.1. The van der Waals surface area contributed by atoms with Crippen LogP contribution in [0.1, 0.15) is 11.3 Å². The minimum atomic E-state index is -0.443. The van der Waals surface area contributed by atoms with Gasteiger partial charge in [0.25, 0.3) is 0 Å². The first-order valence-electron chi connectivity index (χ1n) is 5.50. The maximum absolute atomic E-state index is 13.0. The number of nitrogens with one attached hydrogen (secondary N) is 2. The first-order chi connectivity index (χ1) is 8.72. The maximum Gasteiger partial charge on any atom is 0.227 e. The highest BCUT2D eigenvalue weighted by molar-refractivity contribution is 6.31. The van der Waals surface area contributed by atoms with Crippen LogP contribution in [0.5, 0.6) is 0 Å². The topological polar surface area (TPSA) is 49.8 Å². The number of hydrogen-bond donors (Lipinski definition) is 2. The van der Waals surface area contributed by atoms with E-state index in [1.807, 2.05) is 0 Å². The van der Waals surface area contributed by atoms with Gasteiger partial charge in [-0.1, -0.05) is 11.6 Å². The molecule has 1 aromatic carbocycles. The summed E-state index contributed by atoms with van der Waals surface area (Å²) in [5.74, 6) is 0.0430. The van der Waals surface area contributed by atoms with E-state index in [0.717, 1.165) is 24.3 Å². The standard InChI is InChI=1S/C12H10ClFN4/c13-9-3-8(1-2-10(9)14)17-12-16-5-7-4-15-6-11(7)18-12/h1-3,5,15H,4,6H2,(H,16,17,18). The van der Waals surface area contributed by atoms with Gasteiger partial charge in [-0.25, -0.2) is 14.4 Å². The van der Waals surface area contributed by atoms with Crippen molar-refractivity contribution >= 4 is 23.2 Å². The van der Waals surface area contributed by atoms with Crippen molar-refractivity contribution in [3.05, 3.63) is 46.5 Å². The van der Waals surface area contributed by atoms with Gasteiger partial charge >= 0.3 is 0 Å². The summed E-state index contributed by atoms with van der Waals surface area (Å²) >= 11 is 5.71. The van der Waals surface area contributed by atoms with Gasteiger partial charge in [0.2, 0.25) is 5.95 Å². The van der Waals surface area contributed by atoms with Crippen LogP contribution in [-0.4, -0.2) is 9.97 Å². The maximum atomic E-state index is 13.0. The van der Waals surface area contributed by atoms with E-state index in [9.17, 15) is 4.39 Å². The van der Waals surface area contributed by atoms with Crippen LogP contribution in [0.25, 0.3) is 0 Å². The monoisotopic (exact) mass is 264 g/mol. The van der Waals surface area contributed by atoms with Crippen molar-refractivity contribution in [2.24, 2.45) is 0 Å². The fourth-order valence-corrected chi connectivity index (χ4v) is 2.00. The highest BCUT2D eigenvalue weighted by Gasteiger charge is 2.12. The number of hydrogen-bond acceptors (Lipinski definition) is 4. The lowest BCUT2D eigenvalue weighted by Crippen LogP contribution is -2.01. The predicted molar refractivity (Wildman–Crippen MR) is 67.3 cm³/mol. The number of aromatic nitrogens is 2. The Bertz CT molecular complexity index is 603. The van der Waals surface area contributed by atoms with E-state index in [1.54, 1.807) is 12.3 Å². The van der Waals surface area contributed by atoms with Gasteiger partial charge in [-0.15, -0.1) is 0 Å². The highest BCUT2D eigenvalue weighted by Crippen LogP contribution is 2.22. The van der Waals surface area contributed by atoms with Crippen molar-refractivity contribution in [1.29, 1.82) is 0 Å². The third kappa shape index (κ3) is 2.14. The molecule has 6 heteroatoms. The average Bonchev–Trinajstić information content (AvgIpc) is 2.81. The Labute approximate surface area is 108 Å². The van der Waals surface area contributed by atoms with Crippen molar-refractivity contribution in [2.45, 2.75) is 13.1 Å². The van der Waals surface area contributed by atoms with Crippen LogP contribution < -0.4 is 10.6 Å². The minimum absolute atomic E-state index is 0.0721. The molecular weight excluding hydrogens is 255 g/mol. The third-order valence-corrected chi connectivity index (χ3v) is 3.03. The Morgan fingerprint density at radius 3 is 3.06 bits per heavy atom. The van der Waals surface area contributed by atoms with Crippen LogP contribution in [0, 0.1) is 5.82 Å². The van der Waals surface area contributed by atoms with Gasteiger partial charge in [0.15, 0.2) is 0 Å². The summed E-state index contributed by atoms with van der Waals surface area (Å²) in [4.78, 5) is 8.58. The molecule has 92 valence electrons. The Morgan fingerprint density at radius 2 is 2.22 bits per heavy atom. The molecule has 4 nitrogen and oxygen atoms in total. The second-order valence-corrected chi connectivity index (χ2v) is 4.43. The van der Waals surface area contributed by atoms with Crippen molar-refractivity contribution in [2.75, 3.05) is 5.32 Å². The van der Waals surface area contributed by atoms with Gasteiger partial charge in [0.05, 0.1) is 10.7 Å². The van der Waals surface area contributed by atoms with Crippen molar-refractivity contribution in [1.82, 2.24) is 15.3 Å². The SMILES string of the molecule is Fc1ccc(Nc2ncc3c(n2)CNC3)cc1Cl. The van der Waals surface area contributed by atoms with Gasteiger partial charge in [0.1, 0.15) is 5.82 Å². The zero-order chi connectivity index (χ0) is 12.5. The molecule has 3 rings (SSSR count). The Balaban J connectivity index is 1.85. The van der Waals surface area contributed by atoms with E-state index < -0.39 is 5.82 Å². The molecule has 0 atom stereocenters. The number of rotatable bonds is 2. The second kappa shape index (κ2) is 4.51. The molecule has 0 radical (unpaired) electrons. The second-order valence-electron chi connectivity index (χ2n) is 4.02. The van der Waals surface area contributed by atoms with Crippen LogP contribution >= 0.6 is 11.6 Å². The number of anilines is 2. The van der Waals surface area contributed by atoms with Crippen LogP contribution in [0.4, 0.5) is 16.0 Å². The summed E-state index contributed by atoms with van der Waals surface area (Å²) in [6, 6.07) is 4.40. The van der Waals surface area contributed by atoms with Crippen LogP contribution in [-0.2, 0) is 13.1 Å². The van der Waals surface area contributed by atoms with Gasteiger partial charge < -0.3 is 10.6 Å². The van der Waals surface area contributed by atoms with E-state index in [4.69, 9.17) is 11.6 Å². The molecule has 0 spiro atoms. The smallest absolute Gasteiger partial charge is 0.227 e. The van der Waals surface area contributed by atoms with E-state index in [0.29, 0.717) is 11.6 Å². The first kappa shape index (κ1) is 11.4. The van der Waals surface area contributed by atoms with E-state index in [1.165, 1.54) is 12.1 Å². The molecule has 2 aromatic rings. The quantitative estimate of drug-likeness (QED) is 0.875. The Hall–Kier alpha value is -1.72. The molecule has 2 heterocycles.